The monoisotopic (exact) mass is 230 g/mol. The summed E-state index contributed by atoms with van der Waals surface area (Å²) in [4.78, 5) is 26.4. The third-order valence-electron chi connectivity index (χ3n) is 1.95. The molecular weight excluding hydrogens is 220 g/mol. The highest BCUT2D eigenvalue weighted by Gasteiger charge is 1.92. The lowest BCUT2D eigenvalue weighted by atomic mass is 10.3. The lowest BCUT2D eigenvalue weighted by molar-refractivity contribution is 1.03. The van der Waals surface area contributed by atoms with Gasteiger partial charge in [0, 0.05) is 6.07 Å². The minimum atomic E-state index is -0.557. The van der Waals surface area contributed by atoms with Gasteiger partial charge in [-0.1, -0.05) is 18.2 Å². The van der Waals surface area contributed by atoms with Crippen LogP contribution in [0.2, 0.25) is 0 Å². The molecule has 6 nitrogen and oxygen atoms in total. The van der Waals surface area contributed by atoms with Gasteiger partial charge in [0.1, 0.15) is 0 Å². The summed E-state index contributed by atoms with van der Waals surface area (Å²) in [5.74, 6) is 0. The summed E-state index contributed by atoms with van der Waals surface area (Å²) >= 11 is 0. The highest BCUT2D eigenvalue weighted by Crippen LogP contribution is 2.03. The van der Waals surface area contributed by atoms with Crippen LogP contribution in [0, 0.1) is 0 Å². The molecule has 0 radical (unpaired) electrons. The molecule has 0 saturated carbocycles. The number of benzene rings is 1. The van der Waals surface area contributed by atoms with E-state index in [2.05, 4.69) is 20.5 Å². The van der Waals surface area contributed by atoms with E-state index in [0.717, 1.165) is 5.69 Å². The Bertz CT molecular complexity index is 599. The molecule has 1 heterocycles. The number of aromatic amines is 2. The second-order valence-electron chi connectivity index (χ2n) is 3.28. The molecule has 3 N–H and O–H groups in total. The van der Waals surface area contributed by atoms with Gasteiger partial charge < -0.3 is 4.98 Å². The zero-order chi connectivity index (χ0) is 12.1. The van der Waals surface area contributed by atoms with Gasteiger partial charge in [-0.15, -0.1) is 0 Å². The molecule has 2 aromatic rings. The molecule has 17 heavy (non-hydrogen) atoms. The van der Waals surface area contributed by atoms with Crippen LogP contribution in [0.4, 0.5) is 5.69 Å². The maximum Gasteiger partial charge on any atom is 0.326 e. The summed E-state index contributed by atoms with van der Waals surface area (Å²) in [6.07, 6.45) is 1.36. The summed E-state index contributed by atoms with van der Waals surface area (Å²) in [7, 11) is 0. The Hall–Kier alpha value is -2.63. The number of hydrogen-bond donors (Lipinski definition) is 3. The molecule has 0 fully saturated rings. The minimum absolute atomic E-state index is 0.335. The number of hydrazone groups is 1. The van der Waals surface area contributed by atoms with Crippen LogP contribution >= 0.6 is 0 Å². The van der Waals surface area contributed by atoms with Gasteiger partial charge >= 0.3 is 5.69 Å². The smallest absolute Gasteiger partial charge is 0.306 e. The van der Waals surface area contributed by atoms with Crippen molar-refractivity contribution >= 4 is 11.9 Å². The summed E-state index contributed by atoms with van der Waals surface area (Å²) < 4.78 is 0. The van der Waals surface area contributed by atoms with Gasteiger partial charge in [-0.2, -0.15) is 5.10 Å². The van der Waals surface area contributed by atoms with E-state index in [1.54, 1.807) is 0 Å². The first-order valence-corrected chi connectivity index (χ1v) is 4.92. The van der Waals surface area contributed by atoms with Gasteiger partial charge in [0.25, 0.3) is 5.56 Å². The normalized spacial score (nSPS) is 10.6. The van der Waals surface area contributed by atoms with Crippen LogP contribution in [0.15, 0.2) is 51.1 Å². The van der Waals surface area contributed by atoms with Crippen LogP contribution in [0.3, 0.4) is 0 Å². The maximum absolute atomic E-state index is 11.0. The second-order valence-corrected chi connectivity index (χ2v) is 3.28. The van der Waals surface area contributed by atoms with Crippen molar-refractivity contribution in [3.63, 3.8) is 0 Å². The Labute approximate surface area is 96.0 Å². The van der Waals surface area contributed by atoms with E-state index in [4.69, 9.17) is 0 Å². The van der Waals surface area contributed by atoms with E-state index < -0.39 is 11.2 Å². The predicted molar refractivity (Wildman–Crippen MR) is 65.3 cm³/mol. The Balaban J connectivity index is 2.11. The molecular formula is C11H10N4O2. The molecule has 2 rings (SSSR count). The number of H-pyrrole nitrogens is 2. The number of anilines is 1. The van der Waals surface area contributed by atoms with Crippen molar-refractivity contribution in [2.75, 3.05) is 5.43 Å². The second kappa shape index (κ2) is 4.93. The number of para-hydroxylation sites is 1. The van der Waals surface area contributed by atoms with Crippen molar-refractivity contribution in [2.24, 2.45) is 5.10 Å². The standard InChI is InChI=1S/C11H10N4O2/c16-10-6-9(13-11(17)14-10)7-12-15-8-4-2-1-3-5-8/h1-7,15H,(H2,13,14,16,17)/b12-7-. The van der Waals surface area contributed by atoms with E-state index in [1.807, 2.05) is 30.3 Å². The SMILES string of the molecule is O=c1cc(/C=N\Nc2ccccc2)[nH]c(=O)[nH]1. The molecule has 0 amide bonds. The van der Waals surface area contributed by atoms with Gasteiger partial charge in [0.2, 0.25) is 0 Å². The summed E-state index contributed by atoms with van der Waals surface area (Å²) in [6, 6.07) is 10.6. The number of nitrogens with one attached hydrogen (secondary N) is 3. The highest BCUT2D eigenvalue weighted by atomic mass is 16.2. The Morgan fingerprint density at radius 2 is 1.88 bits per heavy atom. The van der Waals surface area contributed by atoms with Crippen molar-refractivity contribution < 1.29 is 0 Å². The third kappa shape index (κ3) is 3.16. The van der Waals surface area contributed by atoms with Crippen molar-refractivity contribution in [2.45, 2.75) is 0 Å². The van der Waals surface area contributed by atoms with E-state index in [9.17, 15) is 9.59 Å². The molecule has 6 heteroatoms. The lowest BCUT2D eigenvalue weighted by Gasteiger charge is -1.97. The first kappa shape index (κ1) is 10.9. The van der Waals surface area contributed by atoms with Gasteiger partial charge in [-0.05, 0) is 12.1 Å². The summed E-state index contributed by atoms with van der Waals surface area (Å²) in [5.41, 5.74) is 2.90. The van der Waals surface area contributed by atoms with Crippen molar-refractivity contribution in [3.05, 3.63) is 62.9 Å². The molecule has 0 saturated heterocycles. The van der Waals surface area contributed by atoms with Crippen molar-refractivity contribution in [1.29, 1.82) is 0 Å². The van der Waals surface area contributed by atoms with Crippen LogP contribution in [0.1, 0.15) is 5.69 Å². The van der Waals surface area contributed by atoms with Crippen molar-refractivity contribution in [3.8, 4) is 0 Å². The van der Waals surface area contributed by atoms with E-state index in [1.165, 1.54) is 12.3 Å². The molecule has 0 aliphatic heterocycles. The van der Waals surface area contributed by atoms with Crippen LogP contribution in [-0.2, 0) is 0 Å². The van der Waals surface area contributed by atoms with Gasteiger partial charge in [-0.3, -0.25) is 15.2 Å². The Morgan fingerprint density at radius 3 is 2.59 bits per heavy atom. The van der Waals surface area contributed by atoms with Crippen LogP contribution in [-0.4, -0.2) is 16.2 Å². The molecule has 86 valence electrons. The fraction of sp³-hybridized carbons (Fsp3) is 0. The molecule has 1 aromatic heterocycles. The molecule has 1 aromatic carbocycles. The summed E-state index contributed by atoms with van der Waals surface area (Å²) in [6.45, 7) is 0. The van der Waals surface area contributed by atoms with E-state index in [0.29, 0.717) is 5.69 Å². The topological polar surface area (TPSA) is 90.1 Å². The summed E-state index contributed by atoms with van der Waals surface area (Å²) in [5, 5.41) is 3.90. The lowest BCUT2D eigenvalue weighted by Crippen LogP contribution is -2.22. The average molecular weight is 230 g/mol. The maximum atomic E-state index is 11.0. The van der Waals surface area contributed by atoms with E-state index in [-0.39, 0.29) is 0 Å². The number of nitrogens with zero attached hydrogens (tertiary/aromatic N) is 1. The average Bonchev–Trinajstić information content (AvgIpc) is 2.29. The number of aromatic nitrogens is 2. The number of hydrogen-bond acceptors (Lipinski definition) is 4. The molecule has 0 aliphatic carbocycles. The number of rotatable bonds is 3. The third-order valence-corrected chi connectivity index (χ3v) is 1.95. The highest BCUT2D eigenvalue weighted by molar-refractivity contribution is 5.77. The molecule has 0 unspecified atom stereocenters. The van der Waals surface area contributed by atoms with Gasteiger partial charge in [0.05, 0.1) is 17.6 Å². The first-order chi connectivity index (χ1) is 8.24. The Kier molecular flexibility index (Phi) is 3.15. The van der Waals surface area contributed by atoms with Gasteiger partial charge in [-0.25, -0.2) is 4.79 Å². The zero-order valence-electron chi connectivity index (χ0n) is 8.81. The zero-order valence-corrected chi connectivity index (χ0v) is 8.81. The molecule has 0 atom stereocenters. The van der Waals surface area contributed by atoms with Crippen LogP contribution in [0.25, 0.3) is 0 Å². The van der Waals surface area contributed by atoms with Crippen LogP contribution in [0.5, 0.6) is 0 Å². The first-order valence-electron chi connectivity index (χ1n) is 4.92. The largest absolute Gasteiger partial charge is 0.326 e. The minimum Gasteiger partial charge on any atom is -0.306 e. The molecule has 0 bridgehead atoms. The van der Waals surface area contributed by atoms with Gasteiger partial charge in [0.15, 0.2) is 0 Å². The van der Waals surface area contributed by atoms with Crippen LogP contribution < -0.4 is 16.7 Å². The predicted octanol–water partition coefficient (Wildman–Crippen LogP) is 0.509. The molecule has 0 spiro atoms. The fourth-order valence-electron chi connectivity index (χ4n) is 1.25. The van der Waals surface area contributed by atoms with E-state index >= 15 is 0 Å². The molecule has 0 aliphatic rings. The fourth-order valence-corrected chi connectivity index (χ4v) is 1.25. The Morgan fingerprint density at radius 1 is 1.12 bits per heavy atom. The van der Waals surface area contributed by atoms with Crippen molar-refractivity contribution in [1.82, 2.24) is 9.97 Å². The quantitative estimate of drug-likeness (QED) is 0.530.